The number of carbonyl (C=O) groups is 2. The lowest BCUT2D eigenvalue weighted by atomic mass is 10.2. The fourth-order valence-corrected chi connectivity index (χ4v) is 3.13. The van der Waals surface area contributed by atoms with Gasteiger partial charge in [0.05, 0.1) is 11.9 Å². The second-order valence-corrected chi connectivity index (χ2v) is 6.63. The molecule has 0 fully saturated rings. The number of benzene rings is 1. The zero-order valence-electron chi connectivity index (χ0n) is 14.7. The standard InChI is InChI=1S/C19H16ClN5O3/c20-14-4-1-3-13(9-14)11-24-7-8-25-16(12-28-19(25)23-18(24)27)17(26)22-15-5-2-6-21-10-15/h1-6,9-10,12H,7-8,11H2,(H,22,26). The van der Waals surface area contributed by atoms with Crippen LogP contribution in [0.4, 0.5) is 10.5 Å². The van der Waals surface area contributed by atoms with E-state index in [0.717, 1.165) is 5.56 Å². The molecule has 2 aliphatic rings. The van der Waals surface area contributed by atoms with Crippen molar-refractivity contribution in [3.63, 3.8) is 0 Å². The number of pyridine rings is 1. The van der Waals surface area contributed by atoms with Crippen LogP contribution in [0.3, 0.4) is 0 Å². The average molecular weight is 398 g/mol. The lowest BCUT2D eigenvalue weighted by Gasteiger charge is -2.21. The summed E-state index contributed by atoms with van der Waals surface area (Å²) in [7, 11) is 0. The zero-order chi connectivity index (χ0) is 19.5. The van der Waals surface area contributed by atoms with Crippen molar-refractivity contribution in [1.82, 2.24) is 14.8 Å². The highest BCUT2D eigenvalue weighted by Gasteiger charge is 2.33. The van der Waals surface area contributed by atoms with Gasteiger partial charge in [-0.1, -0.05) is 23.7 Å². The van der Waals surface area contributed by atoms with E-state index in [0.29, 0.717) is 30.3 Å². The number of fused-ring (bicyclic) bond motifs is 1. The first-order valence-corrected chi connectivity index (χ1v) is 8.96. The Morgan fingerprint density at radius 3 is 2.93 bits per heavy atom. The van der Waals surface area contributed by atoms with E-state index in [2.05, 4.69) is 15.3 Å². The van der Waals surface area contributed by atoms with Crippen molar-refractivity contribution in [2.75, 3.05) is 18.4 Å². The highest BCUT2D eigenvalue weighted by molar-refractivity contribution is 6.30. The van der Waals surface area contributed by atoms with Crippen LogP contribution < -0.4 is 5.32 Å². The van der Waals surface area contributed by atoms with Gasteiger partial charge in [0, 0.05) is 30.9 Å². The van der Waals surface area contributed by atoms with E-state index in [4.69, 9.17) is 16.3 Å². The van der Waals surface area contributed by atoms with Gasteiger partial charge in [0.15, 0.2) is 0 Å². The Kier molecular flexibility index (Phi) is 4.94. The molecule has 9 heteroatoms. The van der Waals surface area contributed by atoms with Crippen LogP contribution in [0.15, 0.2) is 65.7 Å². The predicted molar refractivity (Wildman–Crippen MR) is 103 cm³/mol. The van der Waals surface area contributed by atoms with E-state index in [-0.39, 0.29) is 17.6 Å². The van der Waals surface area contributed by atoms with Crippen molar-refractivity contribution in [3.8, 4) is 0 Å². The van der Waals surface area contributed by atoms with Gasteiger partial charge in [-0.05, 0) is 29.8 Å². The summed E-state index contributed by atoms with van der Waals surface area (Å²) >= 11 is 6.01. The van der Waals surface area contributed by atoms with Gasteiger partial charge in [-0.2, -0.15) is 0 Å². The van der Waals surface area contributed by atoms with Crippen LogP contribution in [0.2, 0.25) is 5.02 Å². The number of amidine groups is 1. The van der Waals surface area contributed by atoms with Gasteiger partial charge in [-0.25, -0.2) is 4.79 Å². The minimum Gasteiger partial charge on any atom is -0.431 e. The van der Waals surface area contributed by atoms with Crippen LogP contribution in [0.1, 0.15) is 5.56 Å². The molecule has 3 heterocycles. The number of amides is 3. The van der Waals surface area contributed by atoms with Crippen LogP contribution in [0.5, 0.6) is 0 Å². The molecule has 0 unspecified atom stereocenters. The Hall–Kier alpha value is -3.39. The molecule has 3 amide bonds. The number of hydrogen-bond donors (Lipinski definition) is 1. The largest absolute Gasteiger partial charge is 0.431 e. The average Bonchev–Trinajstić information content (AvgIpc) is 3.01. The third kappa shape index (κ3) is 3.81. The van der Waals surface area contributed by atoms with Gasteiger partial charge in [0.2, 0.25) is 0 Å². The lowest BCUT2D eigenvalue weighted by Crippen LogP contribution is -2.36. The first-order valence-electron chi connectivity index (χ1n) is 8.58. The maximum absolute atomic E-state index is 12.6. The third-order valence-electron chi connectivity index (χ3n) is 4.27. The summed E-state index contributed by atoms with van der Waals surface area (Å²) in [5.74, 6) is -0.367. The maximum Gasteiger partial charge on any atom is 0.348 e. The highest BCUT2D eigenvalue weighted by Crippen LogP contribution is 2.21. The Balaban J connectivity index is 1.46. The molecule has 142 valence electrons. The molecular weight excluding hydrogens is 382 g/mol. The molecule has 0 bridgehead atoms. The monoisotopic (exact) mass is 397 g/mol. The molecule has 2 aliphatic heterocycles. The molecule has 28 heavy (non-hydrogen) atoms. The Morgan fingerprint density at radius 2 is 2.14 bits per heavy atom. The van der Waals surface area contributed by atoms with Crippen LogP contribution in [-0.2, 0) is 16.1 Å². The van der Waals surface area contributed by atoms with Gasteiger partial charge < -0.3 is 15.0 Å². The number of carbonyl (C=O) groups excluding carboxylic acids is 2. The Bertz CT molecular complexity index is 977. The topological polar surface area (TPSA) is 87.1 Å². The number of nitrogens with one attached hydrogen (secondary N) is 1. The lowest BCUT2D eigenvalue weighted by molar-refractivity contribution is -0.113. The van der Waals surface area contributed by atoms with Crippen LogP contribution in [0, 0.1) is 0 Å². The highest BCUT2D eigenvalue weighted by atomic mass is 35.5. The summed E-state index contributed by atoms with van der Waals surface area (Å²) in [6.45, 7) is 1.11. The molecule has 0 atom stereocenters. The predicted octanol–water partition coefficient (Wildman–Crippen LogP) is 2.84. The molecule has 0 spiro atoms. The van der Waals surface area contributed by atoms with Gasteiger partial charge in [0.25, 0.3) is 5.91 Å². The molecule has 0 saturated heterocycles. The summed E-state index contributed by atoms with van der Waals surface area (Å²) in [4.78, 5) is 36.2. The summed E-state index contributed by atoms with van der Waals surface area (Å²) in [6, 6.07) is 10.4. The minimum atomic E-state index is -0.431. The molecule has 0 aliphatic carbocycles. The number of ether oxygens (including phenoxy) is 1. The van der Waals surface area contributed by atoms with Gasteiger partial charge in [-0.3, -0.25) is 14.7 Å². The molecule has 1 aromatic heterocycles. The summed E-state index contributed by atoms with van der Waals surface area (Å²) in [5.41, 5.74) is 1.74. The first kappa shape index (κ1) is 18.0. The fraction of sp³-hybridized carbons (Fsp3) is 0.158. The van der Waals surface area contributed by atoms with Crippen molar-refractivity contribution in [1.29, 1.82) is 0 Å². The number of hydrogen-bond acceptors (Lipinski definition) is 5. The maximum atomic E-state index is 12.6. The number of anilines is 1. The number of aromatic nitrogens is 1. The van der Waals surface area contributed by atoms with Crippen molar-refractivity contribution >= 4 is 35.2 Å². The Morgan fingerprint density at radius 1 is 1.25 bits per heavy atom. The molecule has 1 N–H and O–H groups in total. The minimum absolute atomic E-state index is 0.0925. The van der Waals surface area contributed by atoms with Gasteiger partial charge in [0.1, 0.15) is 12.0 Å². The van der Waals surface area contributed by atoms with Crippen LogP contribution >= 0.6 is 11.6 Å². The summed E-state index contributed by atoms with van der Waals surface area (Å²) < 4.78 is 5.37. The third-order valence-corrected chi connectivity index (χ3v) is 4.50. The van der Waals surface area contributed by atoms with E-state index in [1.165, 1.54) is 6.26 Å². The van der Waals surface area contributed by atoms with Gasteiger partial charge in [-0.15, -0.1) is 4.99 Å². The molecule has 0 saturated carbocycles. The molecule has 8 nitrogen and oxygen atoms in total. The number of urea groups is 1. The Labute approximate surface area is 166 Å². The first-order chi connectivity index (χ1) is 13.6. The van der Waals surface area contributed by atoms with E-state index in [1.807, 2.05) is 12.1 Å². The second kappa shape index (κ2) is 7.69. The SMILES string of the molecule is O=C(Nc1cccnc1)C1=COC2=NC(=O)N(Cc3cccc(Cl)c3)CCN12. The van der Waals surface area contributed by atoms with Crippen LogP contribution in [-0.4, -0.2) is 45.8 Å². The van der Waals surface area contributed by atoms with Crippen LogP contribution in [0.25, 0.3) is 0 Å². The van der Waals surface area contributed by atoms with Crippen molar-refractivity contribution in [2.24, 2.45) is 4.99 Å². The molecule has 2 aromatic rings. The van der Waals surface area contributed by atoms with E-state index >= 15 is 0 Å². The zero-order valence-corrected chi connectivity index (χ0v) is 15.5. The summed E-state index contributed by atoms with van der Waals surface area (Å²) in [6.07, 6.45) is 4.46. The van der Waals surface area contributed by atoms with Crippen molar-refractivity contribution in [3.05, 3.63) is 71.3 Å². The second-order valence-electron chi connectivity index (χ2n) is 6.20. The van der Waals surface area contributed by atoms with Crippen molar-refractivity contribution < 1.29 is 14.3 Å². The number of rotatable bonds is 4. The van der Waals surface area contributed by atoms with E-state index < -0.39 is 6.03 Å². The van der Waals surface area contributed by atoms with Crippen molar-refractivity contribution in [2.45, 2.75) is 6.54 Å². The van der Waals surface area contributed by atoms with E-state index in [9.17, 15) is 9.59 Å². The number of aliphatic imine (C=N–C) groups is 1. The smallest absolute Gasteiger partial charge is 0.348 e. The van der Waals surface area contributed by atoms with E-state index in [1.54, 1.807) is 46.5 Å². The normalized spacial score (nSPS) is 16.0. The number of halogens is 1. The summed E-state index contributed by atoms with van der Waals surface area (Å²) in [5, 5.41) is 3.35. The molecule has 0 radical (unpaired) electrons. The fourth-order valence-electron chi connectivity index (χ4n) is 2.92. The molecule has 4 rings (SSSR count). The molecular formula is C19H16ClN5O3. The molecule has 1 aromatic carbocycles. The van der Waals surface area contributed by atoms with Gasteiger partial charge >= 0.3 is 12.1 Å². The quantitative estimate of drug-likeness (QED) is 0.857. The number of nitrogens with zero attached hydrogens (tertiary/aromatic N) is 4.